The van der Waals surface area contributed by atoms with Crippen molar-refractivity contribution in [1.82, 2.24) is 10.0 Å². The van der Waals surface area contributed by atoms with Crippen LogP contribution in [0.4, 0.5) is 10.5 Å². The summed E-state index contributed by atoms with van der Waals surface area (Å²) in [6.45, 7) is -0.174. The number of benzene rings is 3. The number of hydrogen-bond acceptors (Lipinski definition) is 7. The number of sulfonamides is 1. The van der Waals surface area contributed by atoms with E-state index >= 15 is 0 Å². The summed E-state index contributed by atoms with van der Waals surface area (Å²) in [4.78, 5) is 33.9. The SMILES string of the molecule is O=C(N[C@@H](CCCNS(=O)(=O)c1ccccc1[N+](=O)[O-])C(=O)O)OCC1c2ccccc2-c2ccccc21. The van der Waals surface area contributed by atoms with E-state index in [1.165, 1.54) is 12.1 Å². The van der Waals surface area contributed by atoms with Gasteiger partial charge in [0.2, 0.25) is 10.0 Å². The molecule has 0 fully saturated rings. The molecule has 0 unspecified atom stereocenters. The van der Waals surface area contributed by atoms with Crippen LogP contribution in [0.15, 0.2) is 77.7 Å². The average molecular weight is 540 g/mol. The molecule has 198 valence electrons. The second kappa shape index (κ2) is 11.4. The second-order valence-electron chi connectivity index (χ2n) is 8.63. The summed E-state index contributed by atoms with van der Waals surface area (Å²) < 4.78 is 32.6. The molecule has 0 saturated heterocycles. The van der Waals surface area contributed by atoms with Crippen LogP contribution < -0.4 is 10.0 Å². The van der Waals surface area contributed by atoms with E-state index in [4.69, 9.17) is 4.74 Å². The number of alkyl carbamates (subject to hydrolysis) is 1. The molecule has 12 heteroatoms. The highest BCUT2D eigenvalue weighted by Gasteiger charge is 2.30. The zero-order valence-electron chi connectivity index (χ0n) is 20.1. The highest BCUT2D eigenvalue weighted by atomic mass is 32.2. The molecule has 11 nitrogen and oxygen atoms in total. The van der Waals surface area contributed by atoms with Crippen LogP contribution in [-0.4, -0.2) is 49.7 Å². The van der Waals surface area contributed by atoms with Crippen molar-refractivity contribution in [2.75, 3.05) is 13.2 Å². The zero-order valence-corrected chi connectivity index (χ0v) is 20.9. The Morgan fingerprint density at radius 1 is 0.974 bits per heavy atom. The van der Waals surface area contributed by atoms with Gasteiger partial charge in [0.15, 0.2) is 4.90 Å². The normalized spacial score (nSPS) is 13.3. The number of fused-ring (bicyclic) bond motifs is 3. The molecule has 0 saturated carbocycles. The van der Waals surface area contributed by atoms with E-state index in [2.05, 4.69) is 10.0 Å². The van der Waals surface area contributed by atoms with Gasteiger partial charge < -0.3 is 15.2 Å². The molecule has 3 aromatic carbocycles. The lowest BCUT2D eigenvalue weighted by Crippen LogP contribution is -2.42. The van der Waals surface area contributed by atoms with Gasteiger partial charge in [-0.25, -0.2) is 22.7 Å². The monoisotopic (exact) mass is 539 g/mol. The zero-order chi connectivity index (χ0) is 27.3. The van der Waals surface area contributed by atoms with Crippen molar-refractivity contribution in [1.29, 1.82) is 0 Å². The van der Waals surface area contributed by atoms with Crippen LogP contribution in [0, 0.1) is 10.1 Å². The molecule has 1 amide bonds. The molecule has 1 aliphatic carbocycles. The largest absolute Gasteiger partial charge is 0.480 e. The van der Waals surface area contributed by atoms with Gasteiger partial charge >= 0.3 is 12.1 Å². The smallest absolute Gasteiger partial charge is 0.407 e. The standard InChI is InChI=1S/C26H25N3O8S/c30-25(31)22(12-7-15-27-38(35,36)24-14-6-5-13-23(24)29(33)34)28-26(32)37-16-21-19-10-3-1-8-17(19)18-9-2-4-11-20(18)21/h1-6,8-11,13-14,21-22,27H,7,12,15-16H2,(H,28,32)(H,30,31)/t22-/m0/s1. The van der Waals surface area contributed by atoms with Crippen molar-refractivity contribution >= 4 is 27.8 Å². The Bertz CT molecular complexity index is 1430. The quantitative estimate of drug-likeness (QED) is 0.189. The topological polar surface area (TPSA) is 165 Å². The average Bonchev–Trinajstić information content (AvgIpc) is 3.22. The van der Waals surface area contributed by atoms with Gasteiger partial charge in [0.25, 0.3) is 5.69 Å². The molecular formula is C26H25N3O8S. The van der Waals surface area contributed by atoms with Crippen LogP contribution in [0.2, 0.25) is 0 Å². The molecule has 3 N–H and O–H groups in total. The van der Waals surface area contributed by atoms with Crippen LogP contribution in [0.1, 0.15) is 29.9 Å². The summed E-state index contributed by atoms with van der Waals surface area (Å²) in [7, 11) is -4.20. The van der Waals surface area contributed by atoms with Crippen molar-refractivity contribution in [3.63, 3.8) is 0 Å². The van der Waals surface area contributed by atoms with Crippen molar-refractivity contribution in [2.45, 2.75) is 29.7 Å². The number of para-hydroxylation sites is 1. The predicted molar refractivity (Wildman–Crippen MR) is 137 cm³/mol. The Labute approximate surface area is 218 Å². The third kappa shape index (κ3) is 5.82. The number of carbonyl (C=O) groups excluding carboxylic acids is 1. The maximum atomic E-state index is 12.5. The van der Waals surface area contributed by atoms with Crippen LogP contribution in [-0.2, 0) is 19.6 Å². The van der Waals surface area contributed by atoms with Crippen LogP contribution in [0.25, 0.3) is 11.1 Å². The fourth-order valence-corrected chi connectivity index (χ4v) is 5.71. The van der Waals surface area contributed by atoms with E-state index in [1.54, 1.807) is 0 Å². The van der Waals surface area contributed by atoms with E-state index in [-0.39, 0.29) is 31.9 Å². The fourth-order valence-electron chi connectivity index (χ4n) is 4.47. The number of hydrogen-bond donors (Lipinski definition) is 3. The molecule has 38 heavy (non-hydrogen) atoms. The molecule has 1 aliphatic rings. The first-order valence-corrected chi connectivity index (χ1v) is 13.2. The summed E-state index contributed by atoms with van der Waals surface area (Å²) >= 11 is 0. The van der Waals surface area contributed by atoms with Crippen LogP contribution in [0.3, 0.4) is 0 Å². The molecule has 3 aromatic rings. The molecule has 0 bridgehead atoms. The Kier molecular flexibility index (Phi) is 8.03. The Morgan fingerprint density at radius 2 is 1.55 bits per heavy atom. The fraction of sp³-hybridized carbons (Fsp3) is 0.231. The van der Waals surface area contributed by atoms with Gasteiger partial charge in [0.05, 0.1) is 4.92 Å². The van der Waals surface area contributed by atoms with E-state index in [1.807, 2.05) is 48.5 Å². The highest BCUT2D eigenvalue weighted by molar-refractivity contribution is 7.89. The first-order chi connectivity index (χ1) is 18.2. The third-order valence-electron chi connectivity index (χ3n) is 6.25. The van der Waals surface area contributed by atoms with Gasteiger partial charge in [0.1, 0.15) is 12.6 Å². The van der Waals surface area contributed by atoms with Crippen molar-refractivity contribution in [3.05, 3.63) is 94.0 Å². The maximum absolute atomic E-state index is 12.5. The number of aliphatic carboxylic acids is 1. The summed E-state index contributed by atoms with van der Waals surface area (Å²) in [5.74, 6) is -1.49. The molecular weight excluding hydrogens is 514 g/mol. The van der Waals surface area contributed by atoms with Gasteiger partial charge in [-0.15, -0.1) is 0 Å². The van der Waals surface area contributed by atoms with Gasteiger partial charge in [0, 0.05) is 18.5 Å². The van der Waals surface area contributed by atoms with Crippen LogP contribution in [0.5, 0.6) is 0 Å². The summed E-state index contributed by atoms with van der Waals surface area (Å²) in [6, 6.07) is 19.2. The van der Waals surface area contributed by atoms with Crippen LogP contribution >= 0.6 is 0 Å². The lowest BCUT2D eigenvalue weighted by Gasteiger charge is -2.17. The number of ether oxygens (including phenoxy) is 1. The number of carbonyl (C=O) groups is 2. The number of rotatable bonds is 11. The van der Waals surface area contributed by atoms with E-state index in [0.717, 1.165) is 34.4 Å². The summed E-state index contributed by atoms with van der Waals surface area (Å²) in [6.07, 6.45) is -0.959. The van der Waals surface area contributed by atoms with Gasteiger partial charge in [-0.1, -0.05) is 60.7 Å². The number of carboxylic acid groups (broad SMARTS) is 1. The van der Waals surface area contributed by atoms with E-state index in [9.17, 15) is 33.2 Å². The molecule has 0 radical (unpaired) electrons. The first-order valence-electron chi connectivity index (χ1n) is 11.8. The maximum Gasteiger partial charge on any atom is 0.407 e. The van der Waals surface area contributed by atoms with Gasteiger partial charge in [-0.3, -0.25) is 10.1 Å². The van der Waals surface area contributed by atoms with Crippen molar-refractivity contribution in [3.8, 4) is 11.1 Å². The Morgan fingerprint density at radius 3 is 2.16 bits per heavy atom. The predicted octanol–water partition coefficient (Wildman–Crippen LogP) is 3.65. The molecule has 0 heterocycles. The summed E-state index contributed by atoms with van der Waals surface area (Å²) in [5, 5.41) is 22.9. The number of nitro groups is 1. The van der Waals surface area contributed by atoms with E-state index < -0.39 is 43.6 Å². The molecule has 0 aromatic heterocycles. The lowest BCUT2D eigenvalue weighted by atomic mass is 9.98. The van der Waals surface area contributed by atoms with Crippen molar-refractivity contribution in [2.24, 2.45) is 0 Å². The van der Waals surface area contributed by atoms with Gasteiger partial charge in [-0.05, 0) is 41.2 Å². The number of carboxylic acids is 1. The highest BCUT2D eigenvalue weighted by Crippen LogP contribution is 2.44. The molecule has 1 atom stereocenters. The minimum Gasteiger partial charge on any atom is -0.480 e. The minimum atomic E-state index is -4.20. The molecule has 4 rings (SSSR count). The van der Waals surface area contributed by atoms with E-state index in [0.29, 0.717) is 0 Å². The lowest BCUT2D eigenvalue weighted by molar-refractivity contribution is -0.387. The van der Waals surface area contributed by atoms with Gasteiger partial charge in [-0.2, -0.15) is 0 Å². The Hall–Kier alpha value is -4.29. The number of amides is 1. The molecule has 0 spiro atoms. The molecule has 0 aliphatic heterocycles. The second-order valence-corrected chi connectivity index (χ2v) is 10.4. The van der Waals surface area contributed by atoms with Crippen molar-refractivity contribution < 1.29 is 32.8 Å². The minimum absolute atomic E-state index is 0.0157. The first kappa shape index (κ1) is 26.8. The number of nitrogens with zero attached hydrogens (tertiary/aromatic N) is 1. The number of nitrogens with one attached hydrogen (secondary N) is 2. The third-order valence-corrected chi connectivity index (χ3v) is 7.76. The Balaban J connectivity index is 1.31. The summed E-state index contributed by atoms with van der Waals surface area (Å²) in [5.41, 5.74) is 3.58. The number of nitro benzene ring substituents is 1.